The van der Waals surface area contributed by atoms with Crippen LogP contribution in [-0.4, -0.2) is 29.8 Å². The summed E-state index contributed by atoms with van der Waals surface area (Å²) in [6.45, 7) is 10.5. The Labute approximate surface area is 150 Å². The van der Waals surface area contributed by atoms with Crippen molar-refractivity contribution in [3.63, 3.8) is 0 Å². The van der Waals surface area contributed by atoms with Crippen LogP contribution in [-0.2, 0) is 11.3 Å². The van der Waals surface area contributed by atoms with Gasteiger partial charge in [-0.1, -0.05) is 26.8 Å². The number of rotatable bonds is 8. The second-order valence-electron chi connectivity index (χ2n) is 7.87. The fourth-order valence-corrected chi connectivity index (χ4v) is 2.75. The third kappa shape index (κ3) is 6.22. The Kier molecular flexibility index (Phi) is 6.31. The molecule has 0 N–H and O–H groups in total. The Hall–Kier alpha value is -1.78. The van der Waals surface area contributed by atoms with Crippen LogP contribution in [0, 0.1) is 5.41 Å². The second kappa shape index (κ2) is 8.07. The molecule has 1 atom stereocenters. The van der Waals surface area contributed by atoms with Gasteiger partial charge in [0.05, 0.1) is 6.61 Å². The molecule has 140 valence electrons. The zero-order chi connectivity index (χ0) is 18.6. The molecule has 2 rings (SSSR count). The van der Waals surface area contributed by atoms with Crippen LogP contribution in [0.2, 0.25) is 0 Å². The molecule has 1 saturated carbocycles. The third-order valence-electron chi connectivity index (χ3n) is 3.94. The summed E-state index contributed by atoms with van der Waals surface area (Å²) in [5.41, 5.74) is 0.937. The van der Waals surface area contributed by atoms with Crippen molar-refractivity contribution in [2.45, 2.75) is 72.8 Å². The topological polar surface area (TPSA) is 38.8 Å². The molecule has 0 radical (unpaired) electrons. The van der Waals surface area contributed by atoms with E-state index < -0.39 is 6.36 Å². The van der Waals surface area contributed by atoms with E-state index in [0.717, 1.165) is 18.4 Å². The number of nitrogens with zero attached hydrogens (tertiary/aromatic N) is 1. The van der Waals surface area contributed by atoms with Gasteiger partial charge in [-0.05, 0) is 42.9 Å². The minimum Gasteiger partial charge on any atom is -0.490 e. The minimum atomic E-state index is -1.40. The van der Waals surface area contributed by atoms with Gasteiger partial charge >= 0.3 is 0 Å². The maximum atomic E-state index is 13.2. The molecule has 1 aromatic carbocycles. The van der Waals surface area contributed by atoms with Crippen molar-refractivity contribution in [2.75, 3.05) is 6.61 Å². The quantitative estimate of drug-likeness (QED) is 0.681. The number of hydrogen-bond donors (Lipinski definition) is 0. The maximum Gasteiger partial charge on any atom is 0.236 e. The fraction of sp³-hybridized carbons (Fsp3) is 0.650. The zero-order valence-electron chi connectivity index (χ0n) is 16.0. The Morgan fingerprint density at radius 2 is 2.00 bits per heavy atom. The molecule has 0 heterocycles. The first-order chi connectivity index (χ1) is 11.7. The molecule has 1 amide bonds. The first-order valence-corrected chi connectivity index (χ1v) is 9.05. The molecule has 0 saturated heterocycles. The fourth-order valence-electron chi connectivity index (χ4n) is 2.75. The monoisotopic (exact) mass is 351 g/mol. The highest BCUT2D eigenvalue weighted by Gasteiger charge is 2.34. The van der Waals surface area contributed by atoms with Gasteiger partial charge in [0, 0.05) is 25.9 Å². The molecule has 5 heteroatoms. The van der Waals surface area contributed by atoms with Gasteiger partial charge in [0.15, 0.2) is 11.5 Å². The normalized spacial score (nSPS) is 15.6. The van der Waals surface area contributed by atoms with Crippen LogP contribution in [0.3, 0.4) is 0 Å². The van der Waals surface area contributed by atoms with Crippen LogP contribution in [0.1, 0.15) is 59.4 Å². The standard InChI is InChI=1S/C20H30FNO3/c1-6-24-18-11-15(7-10-17(18)25-14(2)21)13-22(16-8-9-16)19(23)12-20(3,4)5/h7,10-11,14,16H,6,8-9,12-13H2,1-5H3. The van der Waals surface area contributed by atoms with E-state index in [9.17, 15) is 9.18 Å². The van der Waals surface area contributed by atoms with Crippen molar-refractivity contribution in [3.8, 4) is 11.5 Å². The third-order valence-corrected chi connectivity index (χ3v) is 3.94. The van der Waals surface area contributed by atoms with Gasteiger partial charge in [0.1, 0.15) is 0 Å². The van der Waals surface area contributed by atoms with Crippen molar-refractivity contribution in [3.05, 3.63) is 23.8 Å². The van der Waals surface area contributed by atoms with E-state index in [4.69, 9.17) is 9.47 Å². The van der Waals surface area contributed by atoms with Gasteiger partial charge in [-0.15, -0.1) is 0 Å². The van der Waals surface area contributed by atoms with Crippen LogP contribution in [0.15, 0.2) is 18.2 Å². The average molecular weight is 351 g/mol. The number of alkyl halides is 1. The molecule has 4 nitrogen and oxygen atoms in total. The van der Waals surface area contributed by atoms with E-state index in [0.29, 0.717) is 37.1 Å². The van der Waals surface area contributed by atoms with Gasteiger partial charge in [0.25, 0.3) is 0 Å². The van der Waals surface area contributed by atoms with Gasteiger partial charge in [0.2, 0.25) is 12.3 Å². The SMILES string of the molecule is CCOc1cc(CN(C(=O)CC(C)(C)C)C2CC2)ccc1OC(C)F. The lowest BCUT2D eigenvalue weighted by molar-refractivity contribution is -0.134. The molecule has 1 aliphatic rings. The van der Waals surface area contributed by atoms with E-state index in [1.807, 2.05) is 24.0 Å². The summed E-state index contributed by atoms with van der Waals surface area (Å²) in [6, 6.07) is 5.78. The molecular weight excluding hydrogens is 321 g/mol. The van der Waals surface area contributed by atoms with Gasteiger partial charge in [-0.3, -0.25) is 4.79 Å². The molecule has 0 aliphatic heterocycles. The van der Waals surface area contributed by atoms with E-state index in [1.165, 1.54) is 6.92 Å². The Balaban J connectivity index is 2.15. The number of ether oxygens (including phenoxy) is 2. The summed E-state index contributed by atoms with van der Waals surface area (Å²) in [5.74, 6) is 1.09. The summed E-state index contributed by atoms with van der Waals surface area (Å²) in [6.07, 6.45) is 1.26. The highest BCUT2D eigenvalue weighted by Crippen LogP contribution is 2.34. The van der Waals surface area contributed by atoms with Crippen LogP contribution >= 0.6 is 0 Å². The van der Waals surface area contributed by atoms with Gasteiger partial charge in [-0.2, -0.15) is 0 Å². The van der Waals surface area contributed by atoms with E-state index in [-0.39, 0.29) is 11.3 Å². The maximum absolute atomic E-state index is 13.2. The molecule has 0 aromatic heterocycles. The van der Waals surface area contributed by atoms with Crippen molar-refractivity contribution in [1.29, 1.82) is 0 Å². The predicted molar refractivity (Wildman–Crippen MR) is 96.5 cm³/mol. The van der Waals surface area contributed by atoms with E-state index >= 15 is 0 Å². The van der Waals surface area contributed by atoms with Crippen molar-refractivity contribution in [2.24, 2.45) is 5.41 Å². The summed E-state index contributed by atoms with van der Waals surface area (Å²) < 4.78 is 23.9. The number of benzene rings is 1. The highest BCUT2D eigenvalue weighted by molar-refractivity contribution is 5.77. The first-order valence-electron chi connectivity index (χ1n) is 9.05. The lowest BCUT2D eigenvalue weighted by Gasteiger charge is -2.27. The molecule has 1 aromatic rings. The Morgan fingerprint density at radius 3 is 2.52 bits per heavy atom. The largest absolute Gasteiger partial charge is 0.490 e. The van der Waals surface area contributed by atoms with Gasteiger partial charge < -0.3 is 14.4 Å². The molecular formula is C20H30FNO3. The van der Waals surface area contributed by atoms with Crippen LogP contribution < -0.4 is 9.47 Å². The Morgan fingerprint density at radius 1 is 1.32 bits per heavy atom. The summed E-state index contributed by atoms with van der Waals surface area (Å²) >= 11 is 0. The van der Waals surface area contributed by atoms with Crippen molar-refractivity contribution < 1.29 is 18.7 Å². The molecule has 0 bridgehead atoms. The lowest BCUT2D eigenvalue weighted by Crippen LogP contribution is -2.34. The molecule has 0 spiro atoms. The summed E-state index contributed by atoms with van der Waals surface area (Å²) in [5, 5.41) is 0. The van der Waals surface area contributed by atoms with Crippen LogP contribution in [0.25, 0.3) is 0 Å². The van der Waals surface area contributed by atoms with Crippen molar-refractivity contribution >= 4 is 5.91 Å². The number of amides is 1. The number of carbonyl (C=O) groups excluding carboxylic acids is 1. The highest BCUT2D eigenvalue weighted by atomic mass is 19.1. The smallest absolute Gasteiger partial charge is 0.236 e. The summed E-state index contributed by atoms with van der Waals surface area (Å²) in [7, 11) is 0. The minimum absolute atomic E-state index is 0.0321. The Bertz CT molecular complexity index is 591. The molecule has 1 aliphatic carbocycles. The van der Waals surface area contributed by atoms with Gasteiger partial charge in [-0.25, -0.2) is 4.39 Å². The van der Waals surface area contributed by atoms with Crippen molar-refractivity contribution in [1.82, 2.24) is 4.90 Å². The number of carbonyl (C=O) groups is 1. The van der Waals surface area contributed by atoms with E-state index in [2.05, 4.69) is 20.8 Å². The van der Waals surface area contributed by atoms with Crippen LogP contribution in [0.4, 0.5) is 4.39 Å². The lowest BCUT2D eigenvalue weighted by atomic mass is 9.91. The number of hydrogen-bond acceptors (Lipinski definition) is 3. The van der Waals surface area contributed by atoms with Crippen LogP contribution in [0.5, 0.6) is 11.5 Å². The second-order valence-corrected chi connectivity index (χ2v) is 7.87. The molecule has 1 unspecified atom stereocenters. The first kappa shape index (κ1) is 19.5. The number of halogens is 1. The van der Waals surface area contributed by atoms with E-state index in [1.54, 1.807) is 6.07 Å². The molecule has 25 heavy (non-hydrogen) atoms. The molecule has 1 fully saturated rings. The summed E-state index contributed by atoms with van der Waals surface area (Å²) in [4.78, 5) is 14.7. The average Bonchev–Trinajstić information content (AvgIpc) is 3.29. The zero-order valence-corrected chi connectivity index (χ0v) is 16.0. The predicted octanol–water partition coefficient (Wildman–Crippen LogP) is 4.71.